The molecule has 0 aromatic carbocycles. The Morgan fingerprint density at radius 3 is 2.19 bits per heavy atom. The number of ether oxygens (including phenoxy) is 5. The summed E-state index contributed by atoms with van der Waals surface area (Å²) < 4.78 is 33.2. The van der Waals surface area contributed by atoms with Crippen molar-refractivity contribution in [2.45, 2.75) is 193 Å². The van der Waals surface area contributed by atoms with Gasteiger partial charge in [0.1, 0.15) is 5.78 Å². The van der Waals surface area contributed by atoms with Crippen molar-refractivity contribution in [2.24, 2.45) is 41.4 Å². The van der Waals surface area contributed by atoms with Crippen LogP contribution < -0.4 is 0 Å². The van der Waals surface area contributed by atoms with Crippen molar-refractivity contribution in [3.63, 3.8) is 0 Å². The summed E-state index contributed by atoms with van der Waals surface area (Å²) in [6.45, 7) is 19.4. The van der Waals surface area contributed by atoms with Crippen molar-refractivity contribution in [3.05, 3.63) is 12.2 Å². The highest BCUT2D eigenvalue weighted by molar-refractivity contribution is 5.97. The van der Waals surface area contributed by atoms with E-state index in [0.29, 0.717) is 57.8 Å². The largest absolute Gasteiger partial charge is 0.481 e. The minimum atomic E-state index is -1.56. The Balaban J connectivity index is 1.31. The van der Waals surface area contributed by atoms with Crippen LogP contribution in [0.2, 0.25) is 0 Å². The van der Waals surface area contributed by atoms with Crippen molar-refractivity contribution in [3.8, 4) is 0 Å². The molecule has 0 aliphatic carbocycles. The quantitative estimate of drug-likeness (QED) is 0.203. The molecule has 0 amide bonds. The van der Waals surface area contributed by atoms with Crippen LogP contribution >= 0.6 is 0 Å². The van der Waals surface area contributed by atoms with Crippen LogP contribution in [-0.4, -0.2) is 92.3 Å². The molecule has 3 N–H and O–H groups in total. The summed E-state index contributed by atoms with van der Waals surface area (Å²) in [6.07, 6.45) is 5.84. The zero-order valence-electron chi connectivity index (χ0n) is 33.8. The molecule has 11 heteroatoms. The van der Waals surface area contributed by atoms with Crippen molar-refractivity contribution in [2.75, 3.05) is 0 Å². The summed E-state index contributed by atoms with van der Waals surface area (Å²) in [5, 5.41) is 32.5. The van der Waals surface area contributed by atoms with E-state index in [2.05, 4.69) is 13.8 Å². The van der Waals surface area contributed by atoms with Gasteiger partial charge in [0.05, 0.1) is 53.7 Å². The van der Waals surface area contributed by atoms with Gasteiger partial charge in [-0.05, 0) is 95.6 Å². The van der Waals surface area contributed by atoms with Crippen LogP contribution in [0.1, 0.15) is 133 Å². The number of rotatable bonds is 12. The molecule has 0 aromatic heterocycles. The Morgan fingerprint density at radius 2 is 1.58 bits per heavy atom. The summed E-state index contributed by atoms with van der Waals surface area (Å²) >= 11 is 0. The first kappa shape index (κ1) is 42.4. The first-order valence-electron chi connectivity index (χ1n) is 20.6. The Morgan fingerprint density at radius 1 is 0.906 bits per heavy atom. The molecule has 302 valence electrons. The molecule has 0 unspecified atom stereocenters. The van der Waals surface area contributed by atoms with Crippen LogP contribution in [0.4, 0.5) is 0 Å². The maximum atomic E-state index is 14.4. The zero-order chi connectivity index (χ0) is 39.3. The summed E-state index contributed by atoms with van der Waals surface area (Å²) in [6, 6.07) is 0. The fourth-order valence-electron chi connectivity index (χ4n) is 10.4. The van der Waals surface area contributed by atoms with Gasteiger partial charge >= 0.3 is 5.97 Å². The number of aliphatic hydroxyl groups is 2. The van der Waals surface area contributed by atoms with E-state index in [-0.39, 0.29) is 47.6 Å². The van der Waals surface area contributed by atoms with Crippen LogP contribution in [0.15, 0.2) is 12.2 Å². The molecule has 2 spiro atoms. The summed E-state index contributed by atoms with van der Waals surface area (Å²) in [7, 11) is 0. The van der Waals surface area contributed by atoms with E-state index in [1.165, 1.54) is 6.08 Å². The standard InChI is InChI=1S/C42H68O11/c1-11-29(38(46)47)31-15-14-23(4)36(50-31)27(8)34(44)26(7)35(45)30(12-2)37-24(5)22-25(6)41(51-37)19-16-32(43)42(53-41)21-20-39(10,52-42)33-17-18-40(48,13-3)28(9)49-33/h16,19,23-31,33-34,36-37,44,48H,11-15,17-18,20-22H2,1-10H3,(H,46,47)/t23-,24-,25+,26-,27-,28-,29+,30-,31+,33+,34+,36+,37-,39-,40+,41+,42+/m0/s1. The lowest BCUT2D eigenvalue weighted by Crippen LogP contribution is -2.62. The minimum absolute atomic E-state index is 0.00877. The van der Waals surface area contributed by atoms with Gasteiger partial charge in [-0.2, -0.15) is 0 Å². The Labute approximate surface area is 316 Å². The Kier molecular flexibility index (Phi) is 12.8. The fourth-order valence-corrected chi connectivity index (χ4v) is 10.4. The van der Waals surface area contributed by atoms with Gasteiger partial charge in [-0.1, -0.05) is 55.4 Å². The maximum absolute atomic E-state index is 14.4. The molecule has 0 bridgehead atoms. The molecule has 5 rings (SSSR count). The number of Topliss-reactive ketones (excluding diaryl/α,β-unsaturated/α-hetero) is 1. The number of carboxylic acids is 1. The molecule has 4 fully saturated rings. The molecule has 53 heavy (non-hydrogen) atoms. The molecule has 0 saturated carbocycles. The van der Waals surface area contributed by atoms with Crippen molar-refractivity contribution >= 4 is 17.5 Å². The fraction of sp³-hybridized carbons (Fsp3) is 0.881. The van der Waals surface area contributed by atoms with E-state index in [1.54, 1.807) is 13.0 Å². The highest BCUT2D eigenvalue weighted by Gasteiger charge is 2.63. The first-order chi connectivity index (χ1) is 24.8. The third-order valence-corrected chi connectivity index (χ3v) is 14.3. The van der Waals surface area contributed by atoms with Crippen LogP contribution in [0.25, 0.3) is 0 Å². The van der Waals surface area contributed by atoms with Crippen molar-refractivity contribution in [1.29, 1.82) is 0 Å². The first-order valence-corrected chi connectivity index (χ1v) is 20.6. The number of ketones is 2. The summed E-state index contributed by atoms with van der Waals surface area (Å²) in [5.74, 6) is -6.46. The number of aliphatic carboxylic acids is 1. The Bertz CT molecular complexity index is 1370. The van der Waals surface area contributed by atoms with E-state index in [1.807, 2.05) is 48.5 Å². The second-order valence-corrected chi connectivity index (χ2v) is 17.8. The summed E-state index contributed by atoms with van der Waals surface area (Å²) in [4.78, 5) is 40.0. The highest BCUT2D eigenvalue weighted by Crippen LogP contribution is 2.53. The lowest BCUT2D eigenvalue weighted by molar-refractivity contribution is -0.378. The topological polar surface area (TPSA) is 158 Å². The molecule has 5 aliphatic rings. The van der Waals surface area contributed by atoms with E-state index < -0.39 is 70.7 Å². The second kappa shape index (κ2) is 16.0. The number of carbonyl (C=O) groups excluding carboxylic acids is 2. The predicted octanol–water partition coefficient (Wildman–Crippen LogP) is 6.40. The number of aliphatic hydroxyl groups excluding tert-OH is 1. The molecule has 5 heterocycles. The smallest absolute Gasteiger partial charge is 0.309 e. The molecule has 17 atom stereocenters. The highest BCUT2D eigenvalue weighted by atomic mass is 16.8. The zero-order valence-corrected chi connectivity index (χ0v) is 33.8. The van der Waals surface area contributed by atoms with Gasteiger partial charge in [0.2, 0.25) is 11.6 Å². The average Bonchev–Trinajstić information content (AvgIpc) is 3.47. The van der Waals surface area contributed by atoms with Gasteiger partial charge in [-0.3, -0.25) is 14.4 Å². The average molecular weight is 749 g/mol. The van der Waals surface area contributed by atoms with E-state index in [0.717, 1.165) is 6.42 Å². The molecular formula is C42H68O11. The number of hydrogen-bond acceptors (Lipinski definition) is 10. The maximum Gasteiger partial charge on any atom is 0.309 e. The third-order valence-electron chi connectivity index (χ3n) is 14.3. The van der Waals surface area contributed by atoms with Crippen LogP contribution in [0.3, 0.4) is 0 Å². The van der Waals surface area contributed by atoms with Gasteiger partial charge in [-0.15, -0.1) is 0 Å². The van der Waals surface area contributed by atoms with E-state index in [4.69, 9.17) is 23.7 Å². The van der Waals surface area contributed by atoms with E-state index >= 15 is 0 Å². The lowest BCUT2D eigenvalue weighted by atomic mass is 9.72. The summed E-state index contributed by atoms with van der Waals surface area (Å²) in [5.41, 5.74) is -1.71. The van der Waals surface area contributed by atoms with Crippen molar-refractivity contribution < 1.29 is 53.4 Å². The lowest BCUT2D eigenvalue weighted by Gasteiger charge is -2.53. The van der Waals surface area contributed by atoms with Gasteiger partial charge < -0.3 is 39.0 Å². The normalized spacial score (nSPS) is 44.8. The third kappa shape index (κ3) is 7.83. The van der Waals surface area contributed by atoms with E-state index in [9.17, 15) is 29.7 Å². The number of carboxylic acid groups (broad SMARTS) is 1. The molecule has 0 aromatic rings. The molecule has 11 nitrogen and oxygen atoms in total. The molecule has 0 radical (unpaired) electrons. The number of carbonyl (C=O) groups is 3. The molecule has 4 saturated heterocycles. The number of hydrogen-bond donors (Lipinski definition) is 3. The second-order valence-electron chi connectivity index (χ2n) is 17.8. The monoisotopic (exact) mass is 748 g/mol. The van der Waals surface area contributed by atoms with Gasteiger partial charge in [-0.25, -0.2) is 0 Å². The van der Waals surface area contributed by atoms with Gasteiger partial charge in [0, 0.05) is 30.1 Å². The molecule has 5 aliphatic heterocycles. The minimum Gasteiger partial charge on any atom is -0.481 e. The predicted molar refractivity (Wildman–Crippen MR) is 198 cm³/mol. The van der Waals surface area contributed by atoms with Crippen LogP contribution in [-0.2, 0) is 38.1 Å². The van der Waals surface area contributed by atoms with Gasteiger partial charge in [0.15, 0.2) is 5.79 Å². The molecular weight excluding hydrogens is 680 g/mol. The van der Waals surface area contributed by atoms with Crippen LogP contribution in [0.5, 0.6) is 0 Å². The SMILES string of the molecule is CC[C@@H](C(=O)[C@@H](C)[C@@H](O)[C@H](C)[C@@H]1O[C@@H]([C@@H](CC)C(=O)O)CC[C@@H]1C)[C@H]1O[C@@]2(C=CC(=O)[C@@]3(CC[C@@](C)([C@H]4CC[C@](O)(CC)[C@H](C)O4)O3)O2)[C@H](C)C[C@@H]1C. The van der Waals surface area contributed by atoms with Crippen LogP contribution in [0, 0.1) is 41.4 Å². The van der Waals surface area contributed by atoms with Gasteiger partial charge in [0.25, 0.3) is 0 Å². The Hall–Kier alpha value is -1.73. The van der Waals surface area contributed by atoms with Crippen molar-refractivity contribution in [1.82, 2.24) is 0 Å².